The van der Waals surface area contributed by atoms with Crippen molar-refractivity contribution in [2.24, 2.45) is 14.1 Å². The molecule has 0 saturated heterocycles. The summed E-state index contributed by atoms with van der Waals surface area (Å²) in [6, 6.07) is 23.4. The van der Waals surface area contributed by atoms with Crippen molar-refractivity contribution in [2.75, 3.05) is 0 Å². The van der Waals surface area contributed by atoms with Crippen LogP contribution < -0.4 is 0 Å². The Bertz CT molecular complexity index is 1680. The molecule has 0 aliphatic carbocycles. The van der Waals surface area contributed by atoms with Crippen LogP contribution in [0.15, 0.2) is 66.9 Å². The first kappa shape index (κ1) is 22.2. The molecule has 2 heterocycles. The van der Waals surface area contributed by atoms with Gasteiger partial charge in [-0.1, -0.05) is 69.7 Å². The SMILES string of the molecule is CCCCCCCCCc1cc2cc3ccc4c5cc6c(ccn6C)cc5ccc4c3cc2n1C. The fourth-order valence-electron chi connectivity index (χ4n) is 6.03. The number of unbranched alkanes of at least 4 members (excludes halogenated alkanes) is 6. The van der Waals surface area contributed by atoms with Crippen molar-refractivity contribution in [1.29, 1.82) is 0 Å². The third-order valence-electron chi connectivity index (χ3n) is 8.14. The number of hydrogen-bond donors (Lipinski definition) is 0. The predicted octanol–water partition coefficient (Wildman–Crippen LogP) is 9.42. The maximum atomic E-state index is 2.43. The number of benzene rings is 4. The molecule has 0 N–H and O–H groups in total. The van der Waals surface area contributed by atoms with E-state index in [9.17, 15) is 0 Å². The van der Waals surface area contributed by atoms with Crippen LogP contribution in [0.2, 0.25) is 0 Å². The minimum atomic E-state index is 1.17. The highest BCUT2D eigenvalue weighted by Gasteiger charge is 2.11. The van der Waals surface area contributed by atoms with Crippen LogP contribution in [-0.4, -0.2) is 9.13 Å². The Balaban J connectivity index is 1.37. The van der Waals surface area contributed by atoms with Crippen LogP contribution in [0.4, 0.5) is 0 Å². The molecule has 0 aliphatic heterocycles. The normalized spacial score (nSPS) is 12.2. The summed E-state index contributed by atoms with van der Waals surface area (Å²) >= 11 is 0. The van der Waals surface area contributed by atoms with Crippen molar-refractivity contribution in [2.45, 2.75) is 58.3 Å². The van der Waals surface area contributed by atoms with Gasteiger partial charge in [0.1, 0.15) is 0 Å². The number of rotatable bonds is 8. The standard InChI is InChI=1S/C33H36N2/c1-4-5-6-7-8-9-10-11-27-20-26-19-24-13-15-28-29(31(24)22-33(26)35(27)3)14-12-23-18-25-16-17-34(2)32(25)21-30(23)28/h12-22H,4-11H2,1-3H3. The van der Waals surface area contributed by atoms with Gasteiger partial charge >= 0.3 is 0 Å². The van der Waals surface area contributed by atoms with Crippen molar-refractivity contribution in [3.8, 4) is 0 Å². The Morgan fingerprint density at radius 1 is 0.543 bits per heavy atom. The summed E-state index contributed by atoms with van der Waals surface area (Å²) in [5, 5.41) is 10.7. The fourth-order valence-corrected chi connectivity index (χ4v) is 6.03. The molecule has 2 nitrogen and oxygen atoms in total. The van der Waals surface area contributed by atoms with Gasteiger partial charge in [-0.15, -0.1) is 0 Å². The summed E-state index contributed by atoms with van der Waals surface area (Å²) < 4.78 is 4.65. The lowest BCUT2D eigenvalue weighted by Crippen LogP contribution is -1.96. The maximum Gasteiger partial charge on any atom is 0.0486 e. The van der Waals surface area contributed by atoms with E-state index in [-0.39, 0.29) is 0 Å². The second-order valence-corrected chi connectivity index (χ2v) is 10.5. The Hall–Kier alpha value is -3.26. The van der Waals surface area contributed by atoms with Crippen LogP contribution in [0.5, 0.6) is 0 Å². The average molecular weight is 461 g/mol. The lowest BCUT2D eigenvalue weighted by Gasteiger charge is -2.10. The fraction of sp³-hybridized carbons (Fsp3) is 0.333. The smallest absolute Gasteiger partial charge is 0.0486 e. The molecule has 0 amide bonds. The molecule has 0 spiro atoms. The number of aromatic nitrogens is 2. The van der Waals surface area contributed by atoms with Gasteiger partial charge in [-0.05, 0) is 81.6 Å². The molecular weight excluding hydrogens is 424 g/mol. The first-order valence-electron chi connectivity index (χ1n) is 13.5. The van der Waals surface area contributed by atoms with Gasteiger partial charge in [-0.25, -0.2) is 0 Å². The molecule has 178 valence electrons. The monoisotopic (exact) mass is 460 g/mol. The van der Waals surface area contributed by atoms with Gasteiger partial charge in [0, 0.05) is 47.8 Å². The van der Waals surface area contributed by atoms with E-state index < -0.39 is 0 Å². The lowest BCUT2D eigenvalue weighted by molar-refractivity contribution is 0.584. The van der Waals surface area contributed by atoms with Gasteiger partial charge in [-0.3, -0.25) is 0 Å². The van der Waals surface area contributed by atoms with Gasteiger partial charge < -0.3 is 9.13 Å². The average Bonchev–Trinajstić information content (AvgIpc) is 3.39. The largest absolute Gasteiger partial charge is 0.351 e. The number of nitrogens with zero attached hydrogens (tertiary/aromatic N) is 2. The first-order chi connectivity index (χ1) is 17.1. The molecule has 2 aromatic heterocycles. The second kappa shape index (κ2) is 9.07. The van der Waals surface area contributed by atoms with E-state index in [1.165, 1.54) is 111 Å². The third kappa shape index (κ3) is 3.89. The van der Waals surface area contributed by atoms with Crippen LogP contribution in [-0.2, 0) is 20.5 Å². The van der Waals surface area contributed by atoms with Crippen LogP contribution in [0, 0.1) is 0 Å². The van der Waals surface area contributed by atoms with Gasteiger partial charge in [0.25, 0.3) is 0 Å². The minimum Gasteiger partial charge on any atom is -0.351 e. The lowest BCUT2D eigenvalue weighted by atomic mass is 9.95. The molecule has 0 radical (unpaired) electrons. The number of hydrogen-bond acceptors (Lipinski definition) is 0. The highest BCUT2D eigenvalue weighted by atomic mass is 14.9. The first-order valence-corrected chi connectivity index (χ1v) is 13.5. The van der Waals surface area contributed by atoms with E-state index >= 15 is 0 Å². The Morgan fingerprint density at radius 3 is 1.89 bits per heavy atom. The van der Waals surface area contributed by atoms with Gasteiger partial charge in [0.2, 0.25) is 0 Å². The van der Waals surface area contributed by atoms with E-state index in [1.54, 1.807) is 0 Å². The molecule has 0 aliphatic rings. The van der Waals surface area contributed by atoms with E-state index in [4.69, 9.17) is 0 Å². The van der Waals surface area contributed by atoms with Gasteiger partial charge in [0.15, 0.2) is 0 Å². The Labute approximate surface area is 208 Å². The molecule has 0 bridgehead atoms. The number of aryl methyl sites for hydroxylation is 3. The molecule has 0 unspecified atom stereocenters. The van der Waals surface area contributed by atoms with Crippen LogP contribution >= 0.6 is 0 Å². The molecule has 0 fully saturated rings. The van der Waals surface area contributed by atoms with Crippen molar-refractivity contribution in [3.05, 3.63) is 72.6 Å². The molecule has 2 heteroatoms. The molecule has 0 saturated carbocycles. The molecule has 6 rings (SSSR count). The zero-order valence-electron chi connectivity index (χ0n) is 21.4. The number of fused-ring (bicyclic) bond motifs is 7. The minimum absolute atomic E-state index is 1.17. The summed E-state index contributed by atoms with van der Waals surface area (Å²) in [4.78, 5) is 0. The van der Waals surface area contributed by atoms with Crippen molar-refractivity contribution < 1.29 is 0 Å². The zero-order valence-corrected chi connectivity index (χ0v) is 21.4. The second-order valence-electron chi connectivity index (χ2n) is 10.5. The molecular formula is C33H36N2. The highest BCUT2D eigenvalue weighted by molar-refractivity contribution is 6.20. The van der Waals surface area contributed by atoms with Crippen molar-refractivity contribution in [1.82, 2.24) is 9.13 Å². The topological polar surface area (TPSA) is 9.86 Å². The van der Waals surface area contributed by atoms with Crippen molar-refractivity contribution in [3.63, 3.8) is 0 Å². The summed E-state index contributed by atoms with van der Waals surface area (Å²) in [7, 11) is 4.38. The highest BCUT2D eigenvalue weighted by Crippen LogP contribution is 2.36. The molecule has 0 atom stereocenters. The predicted molar refractivity (Wildman–Crippen MR) is 154 cm³/mol. The summed E-state index contributed by atoms with van der Waals surface area (Å²) in [5.74, 6) is 0. The Kier molecular flexibility index (Phi) is 5.76. The van der Waals surface area contributed by atoms with Crippen molar-refractivity contribution >= 4 is 54.1 Å². The van der Waals surface area contributed by atoms with Crippen LogP contribution in [0.25, 0.3) is 54.1 Å². The summed E-state index contributed by atoms with van der Waals surface area (Å²) in [5.41, 5.74) is 4.10. The quantitative estimate of drug-likeness (QED) is 0.158. The van der Waals surface area contributed by atoms with Crippen LogP contribution in [0.1, 0.15) is 57.6 Å². The summed E-state index contributed by atoms with van der Waals surface area (Å²) in [6.07, 6.45) is 12.8. The van der Waals surface area contributed by atoms with E-state index in [0.29, 0.717) is 0 Å². The molecule has 35 heavy (non-hydrogen) atoms. The van der Waals surface area contributed by atoms with Gasteiger partial charge in [-0.2, -0.15) is 0 Å². The van der Waals surface area contributed by atoms with E-state index in [0.717, 1.165) is 0 Å². The molecule has 6 aromatic rings. The van der Waals surface area contributed by atoms with Gasteiger partial charge in [0.05, 0.1) is 0 Å². The Morgan fingerprint density at radius 2 is 1.17 bits per heavy atom. The summed E-state index contributed by atoms with van der Waals surface area (Å²) in [6.45, 7) is 2.29. The molecule has 4 aromatic carbocycles. The zero-order chi connectivity index (χ0) is 23.9. The van der Waals surface area contributed by atoms with Crippen LogP contribution in [0.3, 0.4) is 0 Å². The third-order valence-corrected chi connectivity index (χ3v) is 8.14. The van der Waals surface area contributed by atoms with E-state index in [1.807, 2.05) is 0 Å². The maximum absolute atomic E-state index is 2.43. The van der Waals surface area contributed by atoms with E-state index in [2.05, 4.69) is 97.0 Å².